The van der Waals surface area contributed by atoms with Gasteiger partial charge in [0, 0.05) is 18.7 Å². The Morgan fingerprint density at radius 1 is 1.43 bits per heavy atom. The molecular formula is C14H17N5O2. The third-order valence-corrected chi connectivity index (χ3v) is 3.91. The molecule has 1 N–H and O–H groups in total. The zero-order chi connectivity index (χ0) is 14.8. The van der Waals surface area contributed by atoms with Crippen molar-refractivity contribution in [3.8, 4) is 5.69 Å². The van der Waals surface area contributed by atoms with Crippen LogP contribution in [-0.2, 0) is 0 Å². The first-order valence-electron chi connectivity index (χ1n) is 6.96. The molecule has 21 heavy (non-hydrogen) atoms. The van der Waals surface area contributed by atoms with Crippen molar-refractivity contribution in [3.05, 3.63) is 36.2 Å². The van der Waals surface area contributed by atoms with Gasteiger partial charge in [-0.25, -0.2) is 4.68 Å². The fourth-order valence-electron chi connectivity index (χ4n) is 2.48. The molecule has 2 heterocycles. The number of β-amino-alcohol motifs (C(OH)–C–C–N with tert-alkyl or cyclic N) is 1. The average Bonchev–Trinajstić information content (AvgIpc) is 3.04. The van der Waals surface area contributed by atoms with E-state index in [4.69, 9.17) is 0 Å². The first kappa shape index (κ1) is 13.7. The molecule has 7 heteroatoms. The molecule has 7 nitrogen and oxygen atoms in total. The van der Waals surface area contributed by atoms with E-state index >= 15 is 0 Å². The van der Waals surface area contributed by atoms with Gasteiger partial charge in [0.2, 0.25) is 0 Å². The summed E-state index contributed by atoms with van der Waals surface area (Å²) in [4.78, 5) is 14.2. The molecule has 0 bridgehead atoms. The third kappa shape index (κ3) is 2.78. The monoisotopic (exact) mass is 287 g/mol. The number of amides is 1. The zero-order valence-corrected chi connectivity index (χ0v) is 11.8. The summed E-state index contributed by atoms with van der Waals surface area (Å²) in [5.74, 6) is 0.164. The maximum atomic E-state index is 12.5. The minimum Gasteiger partial charge on any atom is -0.391 e. The van der Waals surface area contributed by atoms with Gasteiger partial charge in [-0.3, -0.25) is 4.79 Å². The van der Waals surface area contributed by atoms with Crippen LogP contribution >= 0.6 is 0 Å². The summed E-state index contributed by atoms with van der Waals surface area (Å²) in [6.45, 7) is 3.06. The molecule has 1 aromatic heterocycles. The maximum absolute atomic E-state index is 12.5. The van der Waals surface area contributed by atoms with Gasteiger partial charge in [0.05, 0.1) is 11.8 Å². The Hall–Kier alpha value is -2.28. The Labute approximate surface area is 122 Å². The number of hydrogen-bond donors (Lipinski definition) is 1. The number of carbonyl (C=O) groups is 1. The van der Waals surface area contributed by atoms with Crippen molar-refractivity contribution in [1.82, 2.24) is 25.1 Å². The molecule has 0 saturated carbocycles. The molecule has 2 unspecified atom stereocenters. The van der Waals surface area contributed by atoms with Gasteiger partial charge in [-0.05, 0) is 41.0 Å². The normalized spacial score (nSPS) is 22.3. The number of hydrogen-bond acceptors (Lipinski definition) is 5. The van der Waals surface area contributed by atoms with Gasteiger partial charge < -0.3 is 10.0 Å². The fraction of sp³-hybridized carbons (Fsp3) is 0.429. The number of aromatic nitrogens is 4. The molecule has 1 saturated heterocycles. The molecule has 1 amide bonds. The van der Waals surface area contributed by atoms with E-state index in [0.717, 1.165) is 12.1 Å². The Morgan fingerprint density at radius 3 is 3.00 bits per heavy atom. The quantitative estimate of drug-likeness (QED) is 0.869. The lowest BCUT2D eigenvalue weighted by Gasteiger charge is -2.34. The molecule has 0 aliphatic carbocycles. The van der Waals surface area contributed by atoms with Crippen LogP contribution in [0.15, 0.2) is 30.6 Å². The summed E-state index contributed by atoms with van der Waals surface area (Å²) in [6, 6.07) is 7.15. The second-order valence-electron chi connectivity index (χ2n) is 5.39. The average molecular weight is 287 g/mol. The van der Waals surface area contributed by atoms with Gasteiger partial charge in [-0.15, -0.1) is 5.10 Å². The highest BCUT2D eigenvalue weighted by molar-refractivity contribution is 5.94. The lowest BCUT2D eigenvalue weighted by Crippen LogP contribution is -2.45. The topological polar surface area (TPSA) is 84.1 Å². The summed E-state index contributed by atoms with van der Waals surface area (Å²) >= 11 is 0. The number of tetrazole rings is 1. The zero-order valence-electron chi connectivity index (χ0n) is 11.8. The highest BCUT2D eigenvalue weighted by Crippen LogP contribution is 2.19. The van der Waals surface area contributed by atoms with E-state index in [1.54, 1.807) is 23.1 Å². The lowest BCUT2D eigenvalue weighted by molar-refractivity contribution is 0.0248. The highest BCUT2D eigenvalue weighted by Gasteiger charge is 2.27. The largest absolute Gasteiger partial charge is 0.391 e. The molecule has 0 spiro atoms. The van der Waals surface area contributed by atoms with Crippen molar-refractivity contribution in [2.24, 2.45) is 5.92 Å². The fourth-order valence-corrected chi connectivity index (χ4v) is 2.48. The van der Waals surface area contributed by atoms with Crippen LogP contribution in [-0.4, -0.2) is 55.3 Å². The minimum atomic E-state index is -0.453. The smallest absolute Gasteiger partial charge is 0.254 e. The van der Waals surface area contributed by atoms with E-state index in [2.05, 4.69) is 15.5 Å². The van der Waals surface area contributed by atoms with Gasteiger partial charge >= 0.3 is 0 Å². The first-order chi connectivity index (χ1) is 10.1. The van der Waals surface area contributed by atoms with E-state index < -0.39 is 6.10 Å². The third-order valence-electron chi connectivity index (χ3n) is 3.91. The number of rotatable bonds is 2. The second kappa shape index (κ2) is 5.61. The van der Waals surface area contributed by atoms with Crippen molar-refractivity contribution < 1.29 is 9.90 Å². The van der Waals surface area contributed by atoms with E-state index in [1.807, 2.05) is 13.0 Å². The van der Waals surface area contributed by atoms with Gasteiger partial charge in [-0.1, -0.05) is 13.0 Å². The van der Waals surface area contributed by atoms with Crippen LogP contribution in [0.2, 0.25) is 0 Å². The van der Waals surface area contributed by atoms with Crippen LogP contribution in [0.3, 0.4) is 0 Å². The highest BCUT2D eigenvalue weighted by atomic mass is 16.3. The number of piperidine rings is 1. The molecule has 1 fully saturated rings. The van der Waals surface area contributed by atoms with E-state index in [0.29, 0.717) is 18.7 Å². The molecule has 0 radical (unpaired) electrons. The van der Waals surface area contributed by atoms with Crippen LogP contribution in [0.25, 0.3) is 5.69 Å². The Balaban J connectivity index is 1.80. The first-order valence-corrected chi connectivity index (χ1v) is 6.96. The van der Waals surface area contributed by atoms with Gasteiger partial charge in [0.25, 0.3) is 5.91 Å². The summed E-state index contributed by atoms with van der Waals surface area (Å²) in [7, 11) is 0. The summed E-state index contributed by atoms with van der Waals surface area (Å²) in [5, 5.41) is 20.9. The van der Waals surface area contributed by atoms with E-state index in [-0.39, 0.29) is 11.8 Å². The maximum Gasteiger partial charge on any atom is 0.254 e. The van der Waals surface area contributed by atoms with Gasteiger partial charge in [0.1, 0.15) is 6.33 Å². The van der Waals surface area contributed by atoms with Crippen LogP contribution in [0.4, 0.5) is 0 Å². The molecule has 1 aliphatic heterocycles. The summed E-state index contributed by atoms with van der Waals surface area (Å²) in [6.07, 6.45) is 1.85. The molecule has 2 atom stereocenters. The van der Waals surface area contributed by atoms with Crippen LogP contribution in [0, 0.1) is 5.92 Å². The number of aliphatic hydroxyl groups excluding tert-OH is 1. The predicted molar refractivity (Wildman–Crippen MR) is 74.8 cm³/mol. The van der Waals surface area contributed by atoms with Crippen molar-refractivity contribution in [2.45, 2.75) is 19.4 Å². The van der Waals surface area contributed by atoms with Crippen LogP contribution in [0.1, 0.15) is 23.7 Å². The molecule has 1 aromatic carbocycles. The minimum absolute atomic E-state index is 0.0733. The molecule has 2 aromatic rings. The van der Waals surface area contributed by atoms with Crippen LogP contribution in [0.5, 0.6) is 0 Å². The summed E-state index contributed by atoms with van der Waals surface area (Å²) in [5.41, 5.74) is 1.31. The van der Waals surface area contributed by atoms with Crippen molar-refractivity contribution >= 4 is 5.91 Å². The molecular weight excluding hydrogens is 270 g/mol. The van der Waals surface area contributed by atoms with Crippen molar-refractivity contribution in [1.29, 1.82) is 0 Å². The Kier molecular flexibility index (Phi) is 3.66. The lowest BCUT2D eigenvalue weighted by atomic mass is 9.95. The standard InChI is InChI=1S/C14H17N5O2/c1-10-5-6-18(8-13(10)20)14(21)11-3-2-4-12(7-11)19-9-15-16-17-19/h2-4,7,9-10,13,20H,5-6,8H2,1H3. The van der Waals surface area contributed by atoms with Crippen molar-refractivity contribution in [2.75, 3.05) is 13.1 Å². The second-order valence-corrected chi connectivity index (χ2v) is 5.39. The van der Waals surface area contributed by atoms with Crippen molar-refractivity contribution in [3.63, 3.8) is 0 Å². The number of nitrogens with zero attached hydrogens (tertiary/aromatic N) is 5. The molecule has 3 rings (SSSR count). The van der Waals surface area contributed by atoms with Gasteiger partial charge in [-0.2, -0.15) is 0 Å². The predicted octanol–water partition coefficient (Wildman–Crippen LogP) is 0.505. The number of carbonyl (C=O) groups excluding carboxylic acids is 1. The van der Waals surface area contributed by atoms with E-state index in [9.17, 15) is 9.90 Å². The molecule has 1 aliphatic rings. The Bertz CT molecular complexity index is 628. The summed E-state index contributed by atoms with van der Waals surface area (Å²) < 4.78 is 1.50. The number of benzene rings is 1. The number of aliphatic hydroxyl groups is 1. The SMILES string of the molecule is CC1CCN(C(=O)c2cccc(-n3cnnn3)c2)CC1O. The Morgan fingerprint density at radius 2 is 2.29 bits per heavy atom. The van der Waals surface area contributed by atoms with Gasteiger partial charge in [0.15, 0.2) is 0 Å². The van der Waals surface area contributed by atoms with Crippen LogP contribution < -0.4 is 0 Å². The number of likely N-dealkylation sites (tertiary alicyclic amines) is 1. The molecule has 110 valence electrons. The van der Waals surface area contributed by atoms with E-state index in [1.165, 1.54) is 11.0 Å².